The van der Waals surface area contributed by atoms with E-state index in [-0.39, 0.29) is 11.8 Å². The molecule has 2 rings (SSSR count). The Morgan fingerprint density at radius 3 is 2.62 bits per heavy atom. The molecular weight excluding hydrogens is 262 g/mol. The highest BCUT2D eigenvalue weighted by Gasteiger charge is 2.23. The van der Waals surface area contributed by atoms with Gasteiger partial charge in [0.05, 0.1) is 7.11 Å². The minimum Gasteiger partial charge on any atom is -0.504 e. The van der Waals surface area contributed by atoms with Crippen molar-refractivity contribution in [3.63, 3.8) is 0 Å². The molecule has 0 saturated heterocycles. The van der Waals surface area contributed by atoms with Crippen molar-refractivity contribution in [3.05, 3.63) is 23.8 Å². The van der Waals surface area contributed by atoms with E-state index in [0.29, 0.717) is 11.8 Å². The van der Waals surface area contributed by atoms with Crippen molar-refractivity contribution in [1.82, 2.24) is 5.32 Å². The van der Waals surface area contributed by atoms with Crippen LogP contribution in [-0.2, 0) is 0 Å². The molecule has 0 radical (unpaired) electrons. The molecule has 0 amide bonds. The van der Waals surface area contributed by atoms with Gasteiger partial charge in [-0.25, -0.2) is 0 Å². The first-order valence-corrected chi connectivity index (χ1v) is 8.28. The molecular formula is C18H29NO2. The Hall–Kier alpha value is -1.22. The van der Waals surface area contributed by atoms with E-state index in [0.717, 1.165) is 5.92 Å². The van der Waals surface area contributed by atoms with Crippen LogP contribution in [0.2, 0.25) is 0 Å². The van der Waals surface area contributed by atoms with Gasteiger partial charge in [-0.1, -0.05) is 32.3 Å². The number of benzene rings is 1. The molecule has 0 heterocycles. The zero-order chi connectivity index (χ0) is 15.2. The molecule has 21 heavy (non-hydrogen) atoms. The molecule has 1 saturated carbocycles. The van der Waals surface area contributed by atoms with Crippen molar-refractivity contribution in [1.29, 1.82) is 0 Å². The molecule has 2 atom stereocenters. The lowest BCUT2D eigenvalue weighted by atomic mass is 9.82. The van der Waals surface area contributed by atoms with Crippen LogP contribution >= 0.6 is 0 Å². The van der Waals surface area contributed by atoms with Crippen LogP contribution in [0.3, 0.4) is 0 Å². The molecule has 0 spiro atoms. The number of hydrogen-bond donors (Lipinski definition) is 2. The van der Waals surface area contributed by atoms with Gasteiger partial charge in [0.15, 0.2) is 11.5 Å². The number of ether oxygens (including phenoxy) is 1. The highest BCUT2D eigenvalue weighted by Crippen LogP contribution is 2.31. The lowest BCUT2D eigenvalue weighted by Crippen LogP contribution is -2.38. The van der Waals surface area contributed by atoms with E-state index < -0.39 is 0 Å². The Balaban J connectivity index is 2.02. The molecule has 3 nitrogen and oxygen atoms in total. The molecule has 1 aromatic carbocycles. The van der Waals surface area contributed by atoms with Crippen LogP contribution in [0, 0.1) is 5.92 Å². The predicted octanol–water partition coefficient (Wildman–Crippen LogP) is 4.41. The summed E-state index contributed by atoms with van der Waals surface area (Å²) in [7, 11) is 1.59. The Kier molecular flexibility index (Phi) is 5.92. The molecule has 1 fully saturated rings. The van der Waals surface area contributed by atoms with Gasteiger partial charge >= 0.3 is 0 Å². The van der Waals surface area contributed by atoms with Gasteiger partial charge in [-0.3, -0.25) is 0 Å². The van der Waals surface area contributed by atoms with Crippen molar-refractivity contribution in [3.8, 4) is 11.5 Å². The minimum atomic E-state index is 0.202. The van der Waals surface area contributed by atoms with Crippen LogP contribution in [-0.4, -0.2) is 18.3 Å². The monoisotopic (exact) mass is 291 g/mol. The summed E-state index contributed by atoms with van der Waals surface area (Å²) in [5, 5.41) is 13.5. The second kappa shape index (κ2) is 7.69. The fraction of sp³-hybridized carbons (Fsp3) is 0.667. The number of rotatable bonds is 6. The molecule has 2 N–H and O–H groups in total. The zero-order valence-electron chi connectivity index (χ0n) is 13.6. The van der Waals surface area contributed by atoms with Gasteiger partial charge in [-0.15, -0.1) is 0 Å². The van der Waals surface area contributed by atoms with Crippen molar-refractivity contribution in [2.24, 2.45) is 5.92 Å². The molecule has 3 heteroatoms. The largest absolute Gasteiger partial charge is 0.504 e. The highest BCUT2D eigenvalue weighted by atomic mass is 16.5. The summed E-state index contributed by atoms with van der Waals surface area (Å²) in [5.74, 6) is 1.56. The van der Waals surface area contributed by atoms with E-state index in [2.05, 4.69) is 19.2 Å². The highest BCUT2D eigenvalue weighted by molar-refractivity contribution is 5.42. The molecule has 0 aliphatic heterocycles. The van der Waals surface area contributed by atoms with Gasteiger partial charge in [-0.05, 0) is 49.8 Å². The Morgan fingerprint density at radius 2 is 2.00 bits per heavy atom. The summed E-state index contributed by atoms with van der Waals surface area (Å²) in [4.78, 5) is 0. The summed E-state index contributed by atoms with van der Waals surface area (Å²) >= 11 is 0. The molecule has 0 aromatic heterocycles. The SMILES string of the molecule is CCC(NC(C)c1ccc(O)c(OC)c1)C1CCCCC1. The van der Waals surface area contributed by atoms with Crippen molar-refractivity contribution in [2.75, 3.05) is 7.11 Å². The maximum absolute atomic E-state index is 9.70. The number of aromatic hydroxyl groups is 1. The third-order valence-electron chi connectivity index (χ3n) is 4.83. The van der Waals surface area contributed by atoms with Crippen LogP contribution in [0.5, 0.6) is 11.5 Å². The second-order valence-corrected chi connectivity index (χ2v) is 6.23. The molecule has 118 valence electrons. The van der Waals surface area contributed by atoms with Crippen molar-refractivity contribution < 1.29 is 9.84 Å². The van der Waals surface area contributed by atoms with Crippen LogP contribution in [0.15, 0.2) is 18.2 Å². The van der Waals surface area contributed by atoms with Gasteiger partial charge in [0.2, 0.25) is 0 Å². The summed E-state index contributed by atoms with van der Waals surface area (Å²) in [5.41, 5.74) is 1.17. The molecule has 1 aromatic rings. The third-order valence-corrected chi connectivity index (χ3v) is 4.83. The summed E-state index contributed by atoms with van der Waals surface area (Å²) in [6, 6.07) is 6.48. The van der Waals surface area contributed by atoms with Gasteiger partial charge in [-0.2, -0.15) is 0 Å². The predicted molar refractivity (Wildman–Crippen MR) is 86.9 cm³/mol. The summed E-state index contributed by atoms with van der Waals surface area (Å²) < 4.78 is 5.21. The second-order valence-electron chi connectivity index (χ2n) is 6.23. The average Bonchev–Trinajstić information content (AvgIpc) is 2.53. The van der Waals surface area contributed by atoms with Crippen molar-refractivity contribution >= 4 is 0 Å². The van der Waals surface area contributed by atoms with Gasteiger partial charge in [0, 0.05) is 12.1 Å². The van der Waals surface area contributed by atoms with Crippen LogP contribution < -0.4 is 10.1 Å². The van der Waals surface area contributed by atoms with Crippen molar-refractivity contribution in [2.45, 2.75) is 64.5 Å². The smallest absolute Gasteiger partial charge is 0.160 e. The quantitative estimate of drug-likeness (QED) is 0.815. The number of hydrogen-bond acceptors (Lipinski definition) is 3. The Bertz CT molecular complexity index is 441. The molecule has 1 aliphatic rings. The Morgan fingerprint density at radius 1 is 1.29 bits per heavy atom. The standard InChI is InChI=1S/C18H29NO2/c1-4-16(14-8-6-5-7-9-14)19-13(2)15-10-11-17(20)18(12-15)21-3/h10-14,16,19-20H,4-9H2,1-3H3. The molecule has 1 aliphatic carbocycles. The normalized spacial score (nSPS) is 19.2. The fourth-order valence-electron chi connectivity index (χ4n) is 3.50. The van der Waals surface area contributed by atoms with E-state index in [4.69, 9.17) is 4.74 Å². The van der Waals surface area contributed by atoms with Crippen LogP contribution in [0.25, 0.3) is 0 Å². The van der Waals surface area contributed by atoms with Gasteiger partial charge in [0.25, 0.3) is 0 Å². The topological polar surface area (TPSA) is 41.5 Å². The minimum absolute atomic E-state index is 0.202. The third kappa shape index (κ3) is 4.13. The lowest BCUT2D eigenvalue weighted by Gasteiger charge is -2.32. The lowest BCUT2D eigenvalue weighted by molar-refractivity contribution is 0.249. The summed E-state index contributed by atoms with van der Waals surface area (Å²) in [6.45, 7) is 4.47. The number of methoxy groups -OCH3 is 1. The van der Waals surface area contributed by atoms with Gasteiger partial charge < -0.3 is 15.2 Å². The number of phenolic OH excluding ortho intramolecular Hbond substituents is 1. The zero-order valence-corrected chi connectivity index (χ0v) is 13.6. The van der Waals surface area contributed by atoms with E-state index in [1.807, 2.05) is 12.1 Å². The Labute approximate surface area is 128 Å². The summed E-state index contributed by atoms with van der Waals surface area (Å²) in [6.07, 6.45) is 8.05. The maximum Gasteiger partial charge on any atom is 0.160 e. The van der Waals surface area contributed by atoms with E-state index in [9.17, 15) is 5.11 Å². The van der Waals surface area contributed by atoms with E-state index in [1.165, 1.54) is 44.1 Å². The molecule has 0 bridgehead atoms. The first-order chi connectivity index (χ1) is 10.2. The van der Waals surface area contributed by atoms with Crippen LogP contribution in [0.4, 0.5) is 0 Å². The first kappa shape index (κ1) is 16.2. The fourth-order valence-corrected chi connectivity index (χ4v) is 3.50. The van der Waals surface area contributed by atoms with E-state index in [1.54, 1.807) is 13.2 Å². The molecule has 2 unspecified atom stereocenters. The van der Waals surface area contributed by atoms with E-state index >= 15 is 0 Å². The number of nitrogens with one attached hydrogen (secondary N) is 1. The number of phenols is 1. The van der Waals surface area contributed by atoms with Crippen LogP contribution in [0.1, 0.15) is 64.0 Å². The maximum atomic E-state index is 9.70. The van der Waals surface area contributed by atoms with Gasteiger partial charge in [0.1, 0.15) is 0 Å². The first-order valence-electron chi connectivity index (χ1n) is 8.28. The average molecular weight is 291 g/mol.